The molecule has 31 heavy (non-hydrogen) atoms. The smallest absolute Gasteiger partial charge is 0.294 e. The van der Waals surface area contributed by atoms with Crippen molar-refractivity contribution in [2.45, 2.75) is 24.4 Å². The van der Waals surface area contributed by atoms with E-state index in [9.17, 15) is 13.2 Å². The lowest BCUT2D eigenvalue weighted by Crippen LogP contribution is -2.38. The molecule has 4 rings (SSSR count). The molecular weight excluding hydrogens is 414 g/mol. The molecule has 1 N–H and O–H groups in total. The van der Waals surface area contributed by atoms with Gasteiger partial charge < -0.3 is 0 Å². The first-order chi connectivity index (χ1) is 14.9. The van der Waals surface area contributed by atoms with E-state index in [0.29, 0.717) is 25.1 Å². The lowest BCUT2D eigenvalue weighted by atomic mass is 10.1. The zero-order chi connectivity index (χ0) is 21.8. The van der Waals surface area contributed by atoms with Crippen molar-refractivity contribution < 1.29 is 13.0 Å². The Bertz CT molecular complexity index is 1300. The summed E-state index contributed by atoms with van der Waals surface area (Å²) in [6.07, 6.45) is 2.23. The van der Waals surface area contributed by atoms with Crippen LogP contribution in [0.5, 0.6) is 0 Å². The molecule has 2 heterocycles. The molecule has 0 fully saturated rings. The van der Waals surface area contributed by atoms with Gasteiger partial charge in [0, 0.05) is 25.1 Å². The molecular formula is C23H21N3O4S. The van der Waals surface area contributed by atoms with E-state index in [0.717, 1.165) is 23.4 Å². The summed E-state index contributed by atoms with van der Waals surface area (Å²) in [7, 11) is -4.24. The Hall–Kier alpha value is -3.25. The number of rotatable bonds is 4. The molecule has 0 bridgehead atoms. The Morgan fingerprint density at radius 3 is 2.52 bits per heavy atom. The van der Waals surface area contributed by atoms with E-state index in [1.807, 2.05) is 30.3 Å². The van der Waals surface area contributed by atoms with Crippen molar-refractivity contribution in [3.05, 3.63) is 93.7 Å². The van der Waals surface area contributed by atoms with E-state index in [2.05, 4.69) is 21.7 Å². The highest BCUT2D eigenvalue weighted by atomic mass is 32.2. The number of aromatic nitrogens is 2. The van der Waals surface area contributed by atoms with E-state index in [4.69, 9.17) is 4.55 Å². The summed E-state index contributed by atoms with van der Waals surface area (Å²) >= 11 is 0. The molecule has 1 aliphatic heterocycles. The van der Waals surface area contributed by atoms with Crippen LogP contribution in [0.4, 0.5) is 0 Å². The Kier molecular flexibility index (Phi) is 6.00. The van der Waals surface area contributed by atoms with Gasteiger partial charge in [-0.05, 0) is 29.8 Å². The number of hydrogen-bond donors (Lipinski definition) is 1. The first-order valence-corrected chi connectivity index (χ1v) is 11.2. The summed E-state index contributed by atoms with van der Waals surface area (Å²) in [5.74, 6) is 6.31. The summed E-state index contributed by atoms with van der Waals surface area (Å²) in [6, 6.07) is 15.5. The quantitative estimate of drug-likeness (QED) is 0.497. The van der Waals surface area contributed by atoms with Crippen molar-refractivity contribution >= 4 is 10.1 Å². The van der Waals surface area contributed by atoms with E-state index in [1.54, 1.807) is 12.1 Å². The normalized spacial score (nSPS) is 13.8. The SMILES string of the molecule is O=c1c2c(ncn1Cc1ccc(S(=O)(=O)O)cc1)CCN(CC#Cc1ccccc1)C2. The van der Waals surface area contributed by atoms with Gasteiger partial charge in [0.15, 0.2) is 0 Å². The molecule has 2 aromatic carbocycles. The van der Waals surface area contributed by atoms with Gasteiger partial charge in [-0.2, -0.15) is 8.42 Å². The third kappa shape index (κ3) is 5.09. The van der Waals surface area contributed by atoms with Crippen LogP contribution in [0.3, 0.4) is 0 Å². The first-order valence-electron chi connectivity index (χ1n) is 9.80. The maximum Gasteiger partial charge on any atom is 0.294 e. The minimum Gasteiger partial charge on any atom is -0.294 e. The third-order valence-corrected chi connectivity index (χ3v) is 6.02. The Morgan fingerprint density at radius 1 is 1.06 bits per heavy atom. The number of hydrogen-bond acceptors (Lipinski definition) is 5. The molecule has 0 unspecified atom stereocenters. The van der Waals surface area contributed by atoms with Crippen molar-refractivity contribution in [1.29, 1.82) is 0 Å². The number of benzene rings is 2. The van der Waals surface area contributed by atoms with E-state index >= 15 is 0 Å². The Morgan fingerprint density at radius 2 is 1.81 bits per heavy atom. The molecule has 0 spiro atoms. The summed E-state index contributed by atoms with van der Waals surface area (Å²) in [6.45, 7) is 2.12. The van der Waals surface area contributed by atoms with Crippen LogP contribution in [0.1, 0.15) is 22.4 Å². The average molecular weight is 436 g/mol. The van der Waals surface area contributed by atoms with E-state index < -0.39 is 10.1 Å². The molecule has 0 amide bonds. The largest absolute Gasteiger partial charge is 0.294 e. The predicted octanol–water partition coefficient (Wildman–Crippen LogP) is 1.95. The Labute approximate surface area is 180 Å². The van der Waals surface area contributed by atoms with Gasteiger partial charge in [0.25, 0.3) is 15.7 Å². The average Bonchev–Trinajstić information content (AvgIpc) is 2.76. The van der Waals surface area contributed by atoms with Crippen LogP contribution in [0, 0.1) is 11.8 Å². The van der Waals surface area contributed by atoms with Crippen LogP contribution in [-0.2, 0) is 29.6 Å². The molecule has 0 atom stereocenters. The number of nitrogens with zero attached hydrogens (tertiary/aromatic N) is 3. The maximum atomic E-state index is 13.0. The molecule has 7 nitrogen and oxygen atoms in total. The van der Waals surface area contributed by atoms with Crippen LogP contribution in [0.25, 0.3) is 0 Å². The van der Waals surface area contributed by atoms with E-state index in [1.165, 1.54) is 23.0 Å². The monoisotopic (exact) mass is 435 g/mol. The minimum atomic E-state index is -4.24. The lowest BCUT2D eigenvalue weighted by molar-refractivity contribution is 0.280. The van der Waals surface area contributed by atoms with E-state index in [-0.39, 0.29) is 17.0 Å². The van der Waals surface area contributed by atoms with Crippen LogP contribution in [-0.4, -0.2) is 40.5 Å². The molecule has 0 radical (unpaired) electrons. The molecule has 1 aromatic heterocycles. The molecule has 0 saturated heterocycles. The van der Waals surface area contributed by atoms with Crippen LogP contribution in [0.2, 0.25) is 0 Å². The van der Waals surface area contributed by atoms with Crippen molar-refractivity contribution in [3.8, 4) is 11.8 Å². The topological polar surface area (TPSA) is 92.5 Å². The molecule has 0 saturated carbocycles. The summed E-state index contributed by atoms with van der Waals surface area (Å²) < 4.78 is 33.0. The highest BCUT2D eigenvalue weighted by Gasteiger charge is 2.20. The van der Waals surface area contributed by atoms with Gasteiger partial charge in [0.2, 0.25) is 0 Å². The highest BCUT2D eigenvalue weighted by molar-refractivity contribution is 7.85. The van der Waals surface area contributed by atoms with Gasteiger partial charge in [-0.3, -0.25) is 18.8 Å². The lowest BCUT2D eigenvalue weighted by Gasteiger charge is -2.26. The fourth-order valence-electron chi connectivity index (χ4n) is 3.49. The first kappa shape index (κ1) is 21.0. The van der Waals surface area contributed by atoms with Crippen LogP contribution < -0.4 is 5.56 Å². The van der Waals surface area contributed by atoms with Crippen LogP contribution >= 0.6 is 0 Å². The summed E-state index contributed by atoms with van der Waals surface area (Å²) in [5, 5.41) is 0. The second-order valence-electron chi connectivity index (χ2n) is 7.35. The predicted molar refractivity (Wildman–Crippen MR) is 116 cm³/mol. The highest BCUT2D eigenvalue weighted by Crippen LogP contribution is 2.14. The van der Waals surface area contributed by atoms with Gasteiger partial charge >= 0.3 is 0 Å². The van der Waals surface area contributed by atoms with Gasteiger partial charge in [0.1, 0.15) is 0 Å². The number of fused-ring (bicyclic) bond motifs is 1. The minimum absolute atomic E-state index is 0.107. The second-order valence-corrected chi connectivity index (χ2v) is 8.77. The van der Waals surface area contributed by atoms with Gasteiger partial charge in [-0.1, -0.05) is 42.2 Å². The fraction of sp³-hybridized carbons (Fsp3) is 0.217. The van der Waals surface area contributed by atoms with Crippen molar-refractivity contribution in [1.82, 2.24) is 14.5 Å². The zero-order valence-electron chi connectivity index (χ0n) is 16.7. The maximum absolute atomic E-state index is 13.0. The summed E-state index contributed by atoms with van der Waals surface area (Å²) in [4.78, 5) is 19.4. The molecule has 0 aliphatic carbocycles. The third-order valence-electron chi connectivity index (χ3n) is 5.15. The van der Waals surface area contributed by atoms with Gasteiger partial charge in [-0.25, -0.2) is 4.98 Å². The van der Waals surface area contributed by atoms with Crippen LogP contribution in [0.15, 0.2) is 70.6 Å². The zero-order valence-corrected chi connectivity index (χ0v) is 17.5. The second kappa shape index (κ2) is 8.86. The van der Waals surface area contributed by atoms with Gasteiger partial charge in [0.05, 0.1) is 35.6 Å². The standard InChI is InChI=1S/C23H21N3O4S/c27-23-21-16-25(13-4-7-18-5-2-1-3-6-18)14-12-22(21)24-17-26(23)15-19-8-10-20(11-9-19)31(28,29)30/h1-3,5-6,8-11,17H,12-16H2,(H,28,29,30). The summed E-state index contributed by atoms with van der Waals surface area (Å²) in [5.41, 5.74) is 3.08. The Balaban J connectivity index is 1.48. The molecule has 8 heteroatoms. The molecule has 158 valence electrons. The molecule has 1 aliphatic rings. The van der Waals surface area contributed by atoms with Crippen molar-refractivity contribution in [2.24, 2.45) is 0 Å². The van der Waals surface area contributed by atoms with Gasteiger partial charge in [-0.15, -0.1) is 0 Å². The molecule has 3 aromatic rings. The van der Waals surface area contributed by atoms with Crippen molar-refractivity contribution in [3.63, 3.8) is 0 Å². The fourth-order valence-corrected chi connectivity index (χ4v) is 3.97. The van der Waals surface area contributed by atoms with Crippen molar-refractivity contribution in [2.75, 3.05) is 13.1 Å².